The molecule has 0 unspecified atom stereocenters. The first-order valence-electron chi connectivity index (χ1n) is 10.6. The topological polar surface area (TPSA) is 98.9 Å². The number of para-hydroxylation sites is 2. The summed E-state index contributed by atoms with van der Waals surface area (Å²) in [5.74, 6) is -0.799. The Hall–Kier alpha value is -3.33. The van der Waals surface area contributed by atoms with Crippen LogP contribution in [0.3, 0.4) is 0 Å². The van der Waals surface area contributed by atoms with Crippen molar-refractivity contribution in [2.75, 3.05) is 26.8 Å². The quantitative estimate of drug-likeness (QED) is 0.382. The third kappa shape index (κ3) is 5.54. The molecule has 33 heavy (non-hydrogen) atoms. The molecule has 1 aromatic heterocycles. The van der Waals surface area contributed by atoms with Gasteiger partial charge in [-0.1, -0.05) is 42.1 Å². The van der Waals surface area contributed by atoms with Gasteiger partial charge in [0, 0.05) is 18.8 Å². The summed E-state index contributed by atoms with van der Waals surface area (Å²) in [4.78, 5) is 42.8. The van der Waals surface area contributed by atoms with Crippen molar-refractivity contribution in [1.29, 1.82) is 0 Å². The van der Waals surface area contributed by atoms with Gasteiger partial charge in [0.05, 0.1) is 18.6 Å². The van der Waals surface area contributed by atoms with Crippen LogP contribution < -0.4 is 0 Å². The highest BCUT2D eigenvalue weighted by atomic mass is 32.2. The SMILES string of the molecule is COC(=O)C1CCN(C(=O)COC(=O)c2ccccc2CSc2nc3ccccc3o2)CC1. The molecule has 3 aromatic rings. The highest BCUT2D eigenvalue weighted by Gasteiger charge is 2.28. The number of hydrogen-bond acceptors (Lipinski definition) is 8. The van der Waals surface area contributed by atoms with Gasteiger partial charge in [-0.05, 0) is 36.6 Å². The number of amides is 1. The van der Waals surface area contributed by atoms with Crippen molar-refractivity contribution < 1.29 is 28.3 Å². The fourth-order valence-corrected chi connectivity index (χ4v) is 4.57. The first-order chi connectivity index (χ1) is 16.0. The van der Waals surface area contributed by atoms with Crippen molar-refractivity contribution in [2.45, 2.75) is 23.8 Å². The molecule has 1 amide bonds. The van der Waals surface area contributed by atoms with E-state index in [1.54, 1.807) is 17.0 Å². The summed E-state index contributed by atoms with van der Waals surface area (Å²) >= 11 is 1.38. The van der Waals surface area contributed by atoms with E-state index in [0.717, 1.165) is 11.1 Å². The molecule has 0 N–H and O–H groups in total. The van der Waals surface area contributed by atoms with Crippen LogP contribution in [0, 0.1) is 5.92 Å². The summed E-state index contributed by atoms with van der Waals surface area (Å²) in [6.07, 6.45) is 1.09. The number of rotatable bonds is 7. The third-order valence-corrected chi connectivity index (χ3v) is 6.45. The first-order valence-corrected chi connectivity index (χ1v) is 11.6. The van der Waals surface area contributed by atoms with Gasteiger partial charge in [0.1, 0.15) is 5.52 Å². The number of aromatic nitrogens is 1. The lowest BCUT2D eigenvalue weighted by molar-refractivity contribution is -0.149. The number of likely N-dealkylation sites (tertiary alicyclic amines) is 1. The maximum atomic E-state index is 12.7. The Kier molecular flexibility index (Phi) is 7.29. The van der Waals surface area contributed by atoms with Crippen molar-refractivity contribution in [3.8, 4) is 0 Å². The fourth-order valence-electron chi connectivity index (χ4n) is 3.73. The lowest BCUT2D eigenvalue weighted by atomic mass is 9.97. The lowest BCUT2D eigenvalue weighted by Crippen LogP contribution is -2.42. The predicted octanol–water partition coefficient (Wildman–Crippen LogP) is 3.69. The van der Waals surface area contributed by atoms with Crippen molar-refractivity contribution in [1.82, 2.24) is 9.88 Å². The average molecular weight is 469 g/mol. The van der Waals surface area contributed by atoms with Crippen LogP contribution in [0.1, 0.15) is 28.8 Å². The van der Waals surface area contributed by atoms with Crippen LogP contribution in [0.25, 0.3) is 11.1 Å². The molecule has 9 heteroatoms. The van der Waals surface area contributed by atoms with Gasteiger partial charge in [0.15, 0.2) is 12.2 Å². The van der Waals surface area contributed by atoms with E-state index in [-0.39, 0.29) is 24.4 Å². The van der Waals surface area contributed by atoms with Gasteiger partial charge in [-0.3, -0.25) is 9.59 Å². The number of ether oxygens (including phenoxy) is 2. The molecule has 0 radical (unpaired) electrons. The summed E-state index contributed by atoms with van der Waals surface area (Å²) in [5.41, 5.74) is 2.66. The van der Waals surface area contributed by atoms with Gasteiger partial charge in [-0.15, -0.1) is 0 Å². The third-order valence-electron chi connectivity index (χ3n) is 5.57. The molecule has 1 saturated heterocycles. The highest BCUT2D eigenvalue weighted by Crippen LogP contribution is 2.27. The monoisotopic (exact) mass is 468 g/mol. The Morgan fingerprint density at radius 3 is 2.58 bits per heavy atom. The van der Waals surface area contributed by atoms with E-state index < -0.39 is 5.97 Å². The molecule has 8 nitrogen and oxygen atoms in total. The van der Waals surface area contributed by atoms with E-state index >= 15 is 0 Å². The van der Waals surface area contributed by atoms with E-state index in [4.69, 9.17) is 13.9 Å². The maximum absolute atomic E-state index is 12.7. The van der Waals surface area contributed by atoms with E-state index in [2.05, 4.69) is 4.98 Å². The van der Waals surface area contributed by atoms with Crippen LogP contribution >= 0.6 is 11.8 Å². The minimum atomic E-state index is -0.554. The van der Waals surface area contributed by atoms with Crippen molar-refractivity contribution >= 4 is 40.7 Å². The summed E-state index contributed by atoms with van der Waals surface area (Å²) < 4.78 is 15.8. The normalized spacial score (nSPS) is 14.3. The standard InChI is InChI=1S/C24H24N2O6S/c1-30-22(28)16-10-12-26(13-11-16)21(27)14-31-23(29)18-7-3-2-6-17(18)15-33-24-25-19-8-4-5-9-20(19)32-24/h2-9,16H,10-15H2,1H3. The minimum Gasteiger partial charge on any atom is -0.469 e. The van der Waals surface area contributed by atoms with Crippen molar-refractivity contribution in [3.63, 3.8) is 0 Å². The van der Waals surface area contributed by atoms with E-state index in [0.29, 0.717) is 48.1 Å². The van der Waals surface area contributed by atoms with Crippen LogP contribution in [0.2, 0.25) is 0 Å². The second-order valence-corrected chi connectivity index (χ2v) is 8.57. The Labute approximate surface area is 195 Å². The van der Waals surface area contributed by atoms with Gasteiger partial charge < -0.3 is 18.8 Å². The number of benzene rings is 2. The number of nitrogens with zero attached hydrogens (tertiary/aromatic N) is 2. The molecule has 2 heterocycles. The number of carbonyl (C=O) groups excluding carboxylic acids is 3. The van der Waals surface area contributed by atoms with Gasteiger partial charge in [-0.25, -0.2) is 9.78 Å². The van der Waals surface area contributed by atoms with Crippen LogP contribution in [0.4, 0.5) is 0 Å². The van der Waals surface area contributed by atoms with E-state index in [1.165, 1.54) is 18.9 Å². The van der Waals surface area contributed by atoms with Crippen LogP contribution in [0.5, 0.6) is 0 Å². The number of carbonyl (C=O) groups is 3. The molecule has 1 aliphatic rings. The smallest absolute Gasteiger partial charge is 0.338 e. The highest BCUT2D eigenvalue weighted by molar-refractivity contribution is 7.98. The minimum absolute atomic E-state index is 0.188. The van der Waals surface area contributed by atoms with Gasteiger partial charge >= 0.3 is 11.9 Å². The zero-order chi connectivity index (χ0) is 23.2. The maximum Gasteiger partial charge on any atom is 0.338 e. The molecule has 0 aliphatic carbocycles. The Balaban J connectivity index is 1.31. The Morgan fingerprint density at radius 1 is 1.09 bits per heavy atom. The molecule has 0 saturated carbocycles. The number of hydrogen-bond donors (Lipinski definition) is 0. The second kappa shape index (κ2) is 10.5. The summed E-state index contributed by atoms with van der Waals surface area (Å²) in [6.45, 7) is 0.538. The van der Waals surface area contributed by atoms with Crippen molar-refractivity contribution in [2.24, 2.45) is 5.92 Å². The summed E-state index contributed by atoms with van der Waals surface area (Å²) in [5, 5.41) is 0.518. The number of thioether (sulfide) groups is 1. The van der Waals surface area contributed by atoms with Gasteiger partial charge in [-0.2, -0.15) is 0 Å². The predicted molar refractivity (Wildman–Crippen MR) is 122 cm³/mol. The first kappa shape index (κ1) is 22.8. The Bertz CT molecular complexity index is 1120. The van der Waals surface area contributed by atoms with E-state index in [1.807, 2.05) is 36.4 Å². The van der Waals surface area contributed by atoms with Gasteiger partial charge in [0.2, 0.25) is 0 Å². The molecular weight excluding hydrogens is 444 g/mol. The number of piperidine rings is 1. The van der Waals surface area contributed by atoms with E-state index in [9.17, 15) is 14.4 Å². The Morgan fingerprint density at radius 2 is 1.82 bits per heavy atom. The number of esters is 2. The lowest BCUT2D eigenvalue weighted by Gasteiger charge is -2.30. The van der Waals surface area contributed by atoms with Crippen LogP contribution in [-0.2, 0) is 24.8 Å². The molecule has 1 fully saturated rings. The second-order valence-electron chi connectivity index (χ2n) is 7.65. The molecule has 4 rings (SSSR count). The number of fused-ring (bicyclic) bond motifs is 1. The molecule has 0 bridgehead atoms. The molecule has 172 valence electrons. The zero-order valence-corrected chi connectivity index (χ0v) is 19.0. The summed E-state index contributed by atoms with van der Waals surface area (Å²) in [6, 6.07) is 14.6. The summed E-state index contributed by atoms with van der Waals surface area (Å²) in [7, 11) is 1.36. The average Bonchev–Trinajstić information content (AvgIpc) is 3.28. The molecule has 0 spiro atoms. The molecular formula is C24H24N2O6S. The molecule has 0 atom stereocenters. The molecule has 1 aliphatic heterocycles. The largest absolute Gasteiger partial charge is 0.469 e. The molecule has 2 aromatic carbocycles. The number of methoxy groups -OCH3 is 1. The van der Waals surface area contributed by atoms with Crippen LogP contribution in [-0.4, -0.2) is 54.5 Å². The van der Waals surface area contributed by atoms with Gasteiger partial charge in [0.25, 0.3) is 11.1 Å². The zero-order valence-electron chi connectivity index (χ0n) is 18.2. The van der Waals surface area contributed by atoms with Crippen LogP contribution in [0.15, 0.2) is 58.2 Å². The number of oxazole rings is 1. The van der Waals surface area contributed by atoms with Crippen molar-refractivity contribution in [3.05, 3.63) is 59.7 Å². The fraction of sp³-hybridized carbons (Fsp3) is 0.333.